The molecule has 6 heteroatoms. The van der Waals surface area contributed by atoms with Crippen molar-refractivity contribution in [2.24, 2.45) is 0 Å². The van der Waals surface area contributed by atoms with Crippen LogP contribution in [0.4, 0.5) is 0 Å². The molecule has 0 radical (unpaired) electrons. The van der Waals surface area contributed by atoms with E-state index in [-0.39, 0.29) is 5.56 Å². The fourth-order valence-electron chi connectivity index (χ4n) is 4.80. The van der Waals surface area contributed by atoms with Crippen molar-refractivity contribution < 1.29 is 0 Å². The van der Waals surface area contributed by atoms with Gasteiger partial charge in [-0.15, -0.1) is 0 Å². The zero-order valence-electron chi connectivity index (χ0n) is 17.1. The fourth-order valence-corrected chi connectivity index (χ4v) is 4.80. The normalized spacial score (nSPS) is 18.4. The number of benzene rings is 1. The molecule has 3 aromatic heterocycles. The zero-order chi connectivity index (χ0) is 20.2. The highest BCUT2D eigenvalue weighted by Crippen LogP contribution is 2.33. The van der Waals surface area contributed by atoms with E-state index in [1.807, 2.05) is 41.8 Å². The number of nitrogens with one attached hydrogen (secondary N) is 1. The standard InChI is InChI=1S/C24H25N5O/c1-15-13-29-14-18(3-7-22(29)25-15)17-2-6-21-20(12-17)24(30)27-23(26-21)16-8-10-28(11-9-16)19-4-5-19/h2-3,6-7,12-14,16,19H,4-5,8-11H2,1H3,(H,26,27,30). The molecule has 1 N–H and O–H groups in total. The minimum atomic E-state index is -0.0407. The first-order valence-electron chi connectivity index (χ1n) is 10.9. The summed E-state index contributed by atoms with van der Waals surface area (Å²) in [5.74, 6) is 1.20. The molecule has 4 aromatic rings. The van der Waals surface area contributed by atoms with Crippen LogP contribution >= 0.6 is 0 Å². The molecule has 0 amide bonds. The number of aryl methyl sites for hydroxylation is 1. The third kappa shape index (κ3) is 3.12. The molecule has 0 spiro atoms. The third-order valence-electron chi connectivity index (χ3n) is 6.61. The Kier molecular flexibility index (Phi) is 4.03. The van der Waals surface area contributed by atoms with Crippen molar-refractivity contribution in [1.82, 2.24) is 24.3 Å². The summed E-state index contributed by atoms with van der Waals surface area (Å²) in [6.07, 6.45) is 8.92. The average Bonchev–Trinajstić information content (AvgIpc) is 3.54. The Hall–Kier alpha value is -2.99. The number of nitrogens with zero attached hydrogens (tertiary/aromatic N) is 4. The van der Waals surface area contributed by atoms with Crippen molar-refractivity contribution in [2.45, 2.75) is 44.6 Å². The summed E-state index contributed by atoms with van der Waals surface area (Å²) in [6.45, 7) is 4.22. The van der Waals surface area contributed by atoms with Gasteiger partial charge in [0.1, 0.15) is 11.5 Å². The maximum Gasteiger partial charge on any atom is 0.258 e. The lowest BCUT2D eigenvalue weighted by atomic mass is 9.95. The number of rotatable bonds is 3. The second-order valence-electron chi connectivity index (χ2n) is 8.79. The molecule has 1 aliphatic heterocycles. The van der Waals surface area contributed by atoms with Gasteiger partial charge in [-0.1, -0.05) is 6.07 Å². The highest BCUT2D eigenvalue weighted by molar-refractivity contribution is 5.83. The first-order chi connectivity index (χ1) is 14.6. The molecule has 2 fully saturated rings. The molecule has 1 saturated heterocycles. The van der Waals surface area contributed by atoms with Crippen LogP contribution < -0.4 is 5.56 Å². The first kappa shape index (κ1) is 17.8. The van der Waals surface area contributed by atoms with Crippen LogP contribution in [-0.2, 0) is 0 Å². The van der Waals surface area contributed by atoms with Crippen molar-refractivity contribution in [3.63, 3.8) is 0 Å². The van der Waals surface area contributed by atoms with Gasteiger partial charge in [0, 0.05) is 24.4 Å². The molecule has 6 nitrogen and oxygen atoms in total. The number of aromatic nitrogens is 4. The van der Waals surface area contributed by atoms with Crippen LogP contribution in [0.1, 0.15) is 43.1 Å². The summed E-state index contributed by atoms with van der Waals surface area (Å²) in [7, 11) is 0. The van der Waals surface area contributed by atoms with Crippen LogP contribution in [-0.4, -0.2) is 43.4 Å². The van der Waals surface area contributed by atoms with Crippen molar-refractivity contribution in [3.05, 3.63) is 64.6 Å². The van der Waals surface area contributed by atoms with E-state index in [1.54, 1.807) is 0 Å². The first-order valence-corrected chi connectivity index (χ1v) is 10.9. The zero-order valence-corrected chi connectivity index (χ0v) is 17.1. The lowest BCUT2D eigenvalue weighted by Gasteiger charge is -2.31. The Morgan fingerprint density at radius 3 is 2.57 bits per heavy atom. The number of piperidine rings is 1. The van der Waals surface area contributed by atoms with E-state index in [9.17, 15) is 4.79 Å². The minimum absolute atomic E-state index is 0.0407. The number of hydrogen-bond acceptors (Lipinski definition) is 4. The van der Waals surface area contributed by atoms with E-state index in [2.05, 4.69) is 27.1 Å². The number of fused-ring (bicyclic) bond motifs is 2. The molecule has 152 valence electrons. The molecule has 30 heavy (non-hydrogen) atoms. The molecule has 0 bridgehead atoms. The maximum absolute atomic E-state index is 12.9. The third-order valence-corrected chi connectivity index (χ3v) is 6.61. The van der Waals surface area contributed by atoms with Crippen molar-refractivity contribution in [1.29, 1.82) is 0 Å². The number of hydrogen-bond donors (Lipinski definition) is 1. The van der Waals surface area contributed by atoms with Crippen LogP contribution in [0.25, 0.3) is 27.7 Å². The summed E-state index contributed by atoms with van der Waals surface area (Å²) in [5.41, 5.74) is 4.71. The molecule has 0 atom stereocenters. The van der Waals surface area contributed by atoms with Crippen LogP contribution in [0.2, 0.25) is 0 Å². The monoisotopic (exact) mass is 399 g/mol. The number of imidazole rings is 1. The number of H-pyrrole nitrogens is 1. The van der Waals surface area contributed by atoms with Crippen molar-refractivity contribution in [3.8, 4) is 11.1 Å². The Bertz CT molecular complexity index is 1310. The van der Waals surface area contributed by atoms with Gasteiger partial charge in [-0.3, -0.25) is 4.79 Å². The van der Waals surface area contributed by atoms with E-state index in [4.69, 9.17) is 4.98 Å². The topological polar surface area (TPSA) is 66.3 Å². The van der Waals surface area contributed by atoms with Crippen LogP contribution in [0, 0.1) is 6.92 Å². The number of likely N-dealkylation sites (tertiary alicyclic amines) is 1. The number of pyridine rings is 1. The van der Waals surface area contributed by atoms with Gasteiger partial charge >= 0.3 is 0 Å². The Balaban J connectivity index is 1.32. The Labute approximate surface area is 174 Å². The largest absolute Gasteiger partial charge is 0.310 e. The summed E-state index contributed by atoms with van der Waals surface area (Å²) >= 11 is 0. The highest BCUT2D eigenvalue weighted by atomic mass is 16.1. The summed E-state index contributed by atoms with van der Waals surface area (Å²) < 4.78 is 2.02. The maximum atomic E-state index is 12.9. The van der Waals surface area contributed by atoms with Crippen molar-refractivity contribution in [2.75, 3.05) is 13.1 Å². The van der Waals surface area contributed by atoms with Crippen LogP contribution in [0.5, 0.6) is 0 Å². The van der Waals surface area contributed by atoms with E-state index in [1.165, 1.54) is 12.8 Å². The van der Waals surface area contributed by atoms with Gasteiger partial charge in [-0.05, 0) is 81.1 Å². The second-order valence-corrected chi connectivity index (χ2v) is 8.79. The lowest BCUT2D eigenvalue weighted by molar-refractivity contribution is 0.200. The average molecular weight is 399 g/mol. The Morgan fingerprint density at radius 2 is 1.77 bits per heavy atom. The SMILES string of the molecule is Cc1cn2cc(-c3ccc4nc(C5CCN(C6CC6)CC5)[nH]c(=O)c4c3)ccc2n1. The van der Waals surface area contributed by atoms with E-state index < -0.39 is 0 Å². The van der Waals surface area contributed by atoms with Crippen LogP contribution in [0.3, 0.4) is 0 Å². The predicted octanol–water partition coefficient (Wildman–Crippen LogP) is 3.89. The molecule has 1 aliphatic carbocycles. The fraction of sp³-hybridized carbons (Fsp3) is 0.375. The quantitative estimate of drug-likeness (QED) is 0.568. The van der Waals surface area contributed by atoms with E-state index in [0.29, 0.717) is 11.3 Å². The molecular formula is C24H25N5O. The second kappa shape index (κ2) is 6.77. The van der Waals surface area contributed by atoms with E-state index in [0.717, 1.165) is 65.8 Å². The highest BCUT2D eigenvalue weighted by Gasteiger charge is 2.32. The van der Waals surface area contributed by atoms with Gasteiger partial charge in [-0.25, -0.2) is 9.97 Å². The van der Waals surface area contributed by atoms with E-state index >= 15 is 0 Å². The van der Waals surface area contributed by atoms with Gasteiger partial charge in [0.15, 0.2) is 0 Å². The van der Waals surface area contributed by atoms with Crippen LogP contribution in [0.15, 0.2) is 47.5 Å². The van der Waals surface area contributed by atoms with Gasteiger partial charge in [0.05, 0.1) is 16.6 Å². The summed E-state index contributed by atoms with van der Waals surface area (Å²) in [6, 6.07) is 10.9. The lowest BCUT2D eigenvalue weighted by Crippen LogP contribution is -2.35. The molecule has 1 aromatic carbocycles. The van der Waals surface area contributed by atoms with Gasteiger partial charge in [-0.2, -0.15) is 0 Å². The van der Waals surface area contributed by atoms with Crippen molar-refractivity contribution >= 4 is 16.6 Å². The molecule has 0 unspecified atom stereocenters. The minimum Gasteiger partial charge on any atom is -0.310 e. The van der Waals surface area contributed by atoms with Gasteiger partial charge in [0.25, 0.3) is 5.56 Å². The summed E-state index contributed by atoms with van der Waals surface area (Å²) in [5, 5.41) is 0.647. The predicted molar refractivity (Wildman–Crippen MR) is 118 cm³/mol. The summed E-state index contributed by atoms with van der Waals surface area (Å²) in [4.78, 5) is 27.9. The molecule has 4 heterocycles. The molecular weight excluding hydrogens is 374 g/mol. The molecule has 6 rings (SSSR count). The van der Waals surface area contributed by atoms with Gasteiger partial charge in [0.2, 0.25) is 0 Å². The smallest absolute Gasteiger partial charge is 0.258 e. The Morgan fingerprint density at radius 1 is 0.967 bits per heavy atom. The molecule has 1 saturated carbocycles. The number of aromatic amines is 1. The molecule has 2 aliphatic rings. The van der Waals surface area contributed by atoms with Gasteiger partial charge < -0.3 is 14.3 Å².